The van der Waals surface area contributed by atoms with Gasteiger partial charge < -0.3 is 20.0 Å². The monoisotopic (exact) mass is 524 g/mol. The van der Waals surface area contributed by atoms with Crippen LogP contribution in [0.4, 0.5) is 5.82 Å². The SMILES string of the molecule is CC(=O)N1CCC(NC[C@@H](C(=O)N2CCN(c3ncnc4c3[C@H](C)CC4)CC2)c2ccc(Cl)cc2)CC1. The van der Waals surface area contributed by atoms with E-state index < -0.39 is 0 Å². The number of benzene rings is 1. The summed E-state index contributed by atoms with van der Waals surface area (Å²) in [5.41, 5.74) is 3.45. The molecule has 2 atom stereocenters. The number of carbonyl (C=O) groups is 2. The molecule has 0 unspecified atom stereocenters. The third-order valence-electron chi connectivity index (χ3n) is 8.26. The molecule has 37 heavy (non-hydrogen) atoms. The van der Waals surface area contributed by atoms with Crippen molar-refractivity contribution in [2.45, 2.75) is 57.4 Å². The molecule has 5 rings (SSSR count). The van der Waals surface area contributed by atoms with Gasteiger partial charge in [-0.1, -0.05) is 30.7 Å². The molecule has 2 aromatic rings. The second-order valence-electron chi connectivity index (χ2n) is 10.6. The number of amides is 2. The molecule has 9 heteroatoms. The van der Waals surface area contributed by atoms with Crippen molar-refractivity contribution in [1.29, 1.82) is 0 Å². The maximum Gasteiger partial charge on any atom is 0.231 e. The lowest BCUT2D eigenvalue weighted by atomic mass is 9.95. The number of fused-ring (bicyclic) bond motifs is 1. The summed E-state index contributed by atoms with van der Waals surface area (Å²) in [7, 11) is 0. The molecule has 2 aliphatic heterocycles. The summed E-state index contributed by atoms with van der Waals surface area (Å²) < 4.78 is 0. The maximum atomic E-state index is 13.8. The van der Waals surface area contributed by atoms with E-state index in [9.17, 15) is 9.59 Å². The molecule has 3 heterocycles. The highest BCUT2D eigenvalue weighted by Gasteiger charge is 2.32. The van der Waals surface area contributed by atoms with Gasteiger partial charge in [-0.25, -0.2) is 9.97 Å². The fourth-order valence-electron chi connectivity index (χ4n) is 5.96. The number of piperazine rings is 1. The number of aromatic nitrogens is 2. The number of likely N-dealkylation sites (tertiary alicyclic amines) is 1. The van der Waals surface area contributed by atoms with Gasteiger partial charge in [0.05, 0.1) is 5.92 Å². The third kappa shape index (κ3) is 5.75. The van der Waals surface area contributed by atoms with Crippen LogP contribution in [-0.2, 0) is 16.0 Å². The van der Waals surface area contributed by atoms with E-state index in [4.69, 9.17) is 11.6 Å². The quantitative estimate of drug-likeness (QED) is 0.625. The Kier molecular flexibility index (Phi) is 7.95. The zero-order valence-corrected chi connectivity index (χ0v) is 22.6. The average Bonchev–Trinajstić information content (AvgIpc) is 3.31. The number of aryl methyl sites for hydroxylation is 1. The Hall–Kier alpha value is -2.71. The molecule has 0 bridgehead atoms. The minimum atomic E-state index is -0.280. The summed E-state index contributed by atoms with van der Waals surface area (Å²) in [5, 5.41) is 4.30. The van der Waals surface area contributed by atoms with Gasteiger partial charge in [0.2, 0.25) is 11.8 Å². The lowest BCUT2D eigenvalue weighted by Gasteiger charge is -2.38. The second-order valence-corrected chi connectivity index (χ2v) is 11.0. The van der Waals surface area contributed by atoms with Crippen LogP contribution in [0.5, 0.6) is 0 Å². The first-order valence-corrected chi connectivity index (χ1v) is 13.9. The van der Waals surface area contributed by atoms with Gasteiger partial charge in [-0.05, 0) is 49.3 Å². The van der Waals surface area contributed by atoms with Crippen molar-refractivity contribution in [2.75, 3.05) is 50.7 Å². The maximum absolute atomic E-state index is 13.8. The van der Waals surface area contributed by atoms with E-state index in [-0.39, 0.29) is 17.7 Å². The highest BCUT2D eigenvalue weighted by atomic mass is 35.5. The predicted octanol–water partition coefficient (Wildman–Crippen LogP) is 3.21. The number of piperidine rings is 1. The zero-order chi connectivity index (χ0) is 25.9. The minimum Gasteiger partial charge on any atom is -0.353 e. The van der Waals surface area contributed by atoms with E-state index in [2.05, 4.69) is 27.1 Å². The summed E-state index contributed by atoms with van der Waals surface area (Å²) >= 11 is 6.15. The number of carbonyl (C=O) groups excluding carboxylic acids is 2. The Labute approximate surface area is 224 Å². The van der Waals surface area contributed by atoms with Crippen molar-refractivity contribution in [3.8, 4) is 0 Å². The van der Waals surface area contributed by atoms with Crippen LogP contribution in [0.3, 0.4) is 0 Å². The molecule has 8 nitrogen and oxygen atoms in total. The molecular weight excluding hydrogens is 488 g/mol. The van der Waals surface area contributed by atoms with Gasteiger partial charge in [-0.15, -0.1) is 0 Å². The van der Waals surface area contributed by atoms with Gasteiger partial charge in [-0.3, -0.25) is 9.59 Å². The smallest absolute Gasteiger partial charge is 0.231 e. The Morgan fingerprint density at radius 1 is 1.00 bits per heavy atom. The third-order valence-corrected chi connectivity index (χ3v) is 8.52. The molecule has 2 fully saturated rings. The normalized spacial score (nSPS) is 21.2. The van der Waals surface area contributed by atoms with Crippen LogP contribution in [0.25, 0.3) is 0 Å². The lowest BCUT2D eigenvalue weighted by molar-refractivity contribution is -0.133. The summed E-state index contributed by atoms with van der Waals surface area (Å²) in [6.07, 6.45) is 5.65. The van der Waals surface area contributed by atoms with Gasteiger partial charge in [0.15, 0.2) is 0 Å². The molecule has 0 radical (unpaired) electrons. The topological polar surface area (TPSA) is 81.7 Å². The van der Waals surface area contributed by atoms with Crippen molar-refractivity contribution in [1.82, 2.24) is 25.1 Å². The zero-order valence-electron chi connectivity index (χ0n) is 21.8. The van der Waals surface area contributed by atoms with Crippen molar-refractivity contribution >= 4 is 29.2 Å². The van der Waals surface area contributed by atoms with Crippen molar-refractivity contribution in [3.63, 3.8) is 0 Å². The molecule has 0 saturated carbocycles. The van der Waals surface area contributed by atoms with E-state index in [0.29, 0.717) is 36.6 Å². The number of halogens is 1. The molecule has 2 amide bonds. The minimum absolute atomic E-state index is 0.133. The fourth-order valence-corrected chi connectivity index (χ4v) is 6.09. The predicted molar refractivity (Wildman–Crippen MR) is 145 cm³/mol. The Balaban J connectivity index is 1.24. The standard InChI is InChI=1S/C28H37ClN6O2/c1-19-3-8-25-26(19)27(32-18-31-25)34-13-15-35(16-14-34)28(37)24(21-4-6-22(29)7-5-21)17-30-23-9-11-33(12-10-23)20(2)36/h4-7,18-19,23-24,30H,3,8-17H2,1-2H3/t19-,24-/m1/s1. The first-order valence-electron chi connectivity index (χ1n) is 13.5. The highest BCUT2D eigenvalue weighted by molar-refractivity contribution is 6.30. The van der Waals surface area contributed by atoms with Crippen molar-refractivity contribution in [3.05, 3.63) is 52.4 Å². The molecule has 0 spiro atoms. The second kappa shape index (κ2) is 11.4. The lowest BCUT2D eigenvalue weighted by Crippen LogP contribution is -2.52. The Morgan fingerprint density at radius 2 is 1.70 bits per heavy atom. The number of nitrogens with zero attached hydrogens (tertiary/aromatic N) is 5. The van der Waals surface area contributed by atoms with Crippen LogP contribution in [0.1, 0.15) is 61.8 Å². The van der Waals surface area contributed by atoms with Gasteiger partial charge in [0.1, 0.15) is 12.1 Å². The molecule has 1 aromatic carbocycles. The van der Waals surface area contributed by atoms with E-state index >= 15 is 0 Å². The van der Waals surface area contributed by atoms with Gasteiger partial charge >= 0.3 is 0 Å². The van der Waals surface area contributed by atoms with Gasteiger partial charge in [0, 0.05) is 75.1 Å². The first kappa shape index (κ1) is 25.9. The number of nitrogens with one attached hydrogen (secondary N) is 1. The molecule has 198 valence electrons. The van der Waals surface area contributed by atoms with Gasteiger partial charge in [0.25, 0.3) is 0 Å². The number of hydrogen-bond acceptors (Lipinski definition) is 6. The van der Waals surface area contributed by atoms with Crippen LogP contribution < -0.4 is 10.2 Å². The summed E-state index contributed by atoms with van der Waals surface area (Å²) in [4.78, 5) is 40.9. The summed E-state index contributed by atoms with van der Waals surface area (Å²) in [6, 6.07) is 7.95. The first-order chi connectivity index (χ1) is 17.9. The number of anilines is 1. The van der Waals surface area contributed by atoms with Crippen molar-refractivity contribution in [2.24, 2.45) is 0 Å². The molecule has 3 aliphatic rings. The van der Waals surface area contributed by atoms with E-state index in [1.165, 1.54) is 11.3 Å². The van der Waals surface area contributed by atoms with Crippen molar-refractivity contribution < 1.29 is 9.59 Å². The summed E-state index contributed by atoms with van der Waals surface area (Å²) in [6.45, 7) is 8.87. The molecule has 1 N–H and O–H groups in total. The molecular formula is C28H37ClN6O2. The number of hydrogen-bond donors (Lipinski definition) is 1. The van der Waals surface area contributed by atoms with Crippen LogP contribution in [0.2, 0.25) is 5.02 Å². The van der Waals surface area contributed by atoms with Crippen LogP contribution >= 0.6 is 11.6 Å². The number of rotatable bonds is 6. The van der Waals surface area contributed by atoms with Gasteiger partial charge in [-0.2, -0.15) is 0 Å². The van der Waals surface area contributed by atoms with E-state index in [1.54, 1.807) is 13.3 Å². The largest absolute Gasteiger partial charge is 0.353 e. The Bertz CT molecular complexity index is 1110. The summed E-state index contributed by atoms with van der Waals surface area (Å²) in [5.74, 6) is 1.53. The van der Waals surface area contributed by atoms with Crippen LogP contribution in [-0.4, -0.2) is 83.4 Å². The molecule has 2 saturated heterocycles. The Morgan fingerprint density at radius 3 is 2.38 bits per heavy atom. The van der Waals surface area contributed by atoms with Crippen LogP contribution in [0.15, 0.2) is 30.6 Å². The van der Waals surface area contributed by atoms with E-state index in [0.717, 1.165) is 63.2 Å². The molecule has 1 aromatic heterocycles. The highest BCUT2D eigenvalue weighted by Crippen LogP contribution is 2.37. The average molecular weight is 525 g/mol. The van der Waals surface area contributed by atoms with Crippen LogP contribution in [0, 0.1) is 0 Å². The molecule has 1 aliphatic carbocycles. The fraction of sp³-hybridized carbons (Fsp3) is 0.571. The van der Waals surface area contributed by atoms with E-state index in [1.807, 2.05) is 34.1 Å².